The van der Waals surface area contributed by atoms with Gasteiger partial charge in [-0.15, -0.1) is 23.5 Å². The topological polar surface area (TPSA) is 52.3 Å². The molecule has 0 atom stereocenters. The largest absolute Gasteiger partial charge is 0.460 e. The number of esters is 1. The second-order valence-electron chi connectivity index (χ2n) is 6.38. The molecule has 2 N–H and O–H groups in total. The Kier molecular flexibility index (Phi) is 8.93. The minimum absolute atomic E-state index is 0.176. The molecule has 0 aliphatic rings. The van der Waals surface area contributed by atoms with Crippen LogP contribution in [0.25, 0.3) is 0 Å². The third kappa shape index (κ3) is 9.46. The number of nitrogens with two attached hydrogens (primary N) is 1. The summed E-state index contributed by atoms with van der Waals surface area (Å²) in [6.45, 7) is 5.63. The summed E-state index contributed by atoms with van der Waals surface area (Å²) in [6, 6.07) is 15.8. The molecule has 0 radical (unpaired) electrons. The van der Waals surface area contributed by atoms with Crippen molar-refractivity contribution in [3.63, 3.8) is 0 Å². The van der Waals surface area contributed by atoms with E-state index in [1.165, 1.54) is 9.79 Å². The van der Waals surface area contributed by atoms with E-state index in [0.29, 0.717) is 6.42 Å². The van der Waals surface area contributed by atoms with Crippen molar-refractivity contribution in [2.75, 3.05) is 18.2 Å². The number of benzene rings is 2. The second kappa shape index (κ2) is 10.4. The molecule has 0 aromatic heterocycles. The first kappa shape index (κ1) is 21.5. The predicted molar refractivity (Wildman–Crippen MR) is 110 cm³/mol. The predicted octanol–water partition coefficient (Wildman–Crippen LogP) is 5.28. The summed E-state index contributed by atoms with van der Waals surface area (Å²) in [5.74, 6) is -0.176. The first-order valence-corrected chi connectivity index (χ1v) is 10.4. The van der Waals surface area contributed by atoms with E-state index in [2.05, 4.69) is 0 Å². The van der Waals surface area contributed by atoms with Gasteiger partial charge in [0.2, 0.25) is 0 Å². The molecule has 136 valence electrons. The van der Waals surface area contributed by atoms with Gasteiger partial charge in [-0.1, -0.05) is 12.1 Å². The minimum atomic E-state index is -0.406. The van der Waals surface area contributed by atoms with Crippen molar-refractivity contribution in [3.8, 4) is 0 Å². The Morgan fingerprint density at radius 2 is 1.36 bits per heavy atom. The van der Waals surface area contributed by atoms with Gasteiger partial charge in [-0.05, 0) is 75.2 Å². The summed E-state index contributed by atoms with van der Waals surface area (Å²) in [5.41, 5.74) is 6.88. The number of carbonyl (C=O) groups is 1. The number of hydrogen-bond acceptors (Lipinski definition) is 5. The molecule has 5 heteroatoms. The quantitative estimate of drug-likeness (QED) is 0.446. The van der Waals surface area contributed by atoms with Gasteiger partial charge in [-0.25, -0.2) is 0 Å². The monoisotopic (exact) mass is 377 g/mol. The molecule has 25 heavy (non-hydrogen) atoms. The highest BCUT2D eigenvalue weighted by atomic mass is 32.2. The summed E-state index contributed by atoms with van der Waals surface area (Å²) in [7, 11) is 0. The van der Waals surface area contributed by atoms with Gasteiger partial charge in [-0.3, -0.25) is 4.79 Å². The maximum atomic E-state index is 11.6. The van der Waals surface area contributed by atoms with Gasteiger partial charge in [0.05, 0.1) is 6.42 Å². The molecule has 2 aromatic carbocycles. The third-order valence-electron chi connectivity index (χ3n) is 3.04. The standard InChI is InChI=1S/C13H18O2S.C7H9NS/c1-13(2,3)15-12(14)9-10-5-7-11(16-4)8-6-10;1-9-7-4-2-6(8)3-5-7/h5-8H,9H2,1-4H3;2-5H,8H2,1H3. The van der Waals surface area contributed by atoms with Gasteiger partial charge >= 0.3 is 5.97 Å². The lowest BCUT2D eigenvalue weighted by molar-refractivity contribution is -0.153. The van der Waals surface area contributed by atoms with Gasteiger partial charge in [0, 0.05) is 15.5 Å². The van der Waals surface area contributed by atoms with Crippen LogP contribution >= 0.6 is 23.5 Å². The van der Waals surface area contributed by atoms with Crippen LogP contribution in [-0.4, -0.2) is 24.1 Å². The van der Waals surface area contributed by atoms with Crippen molar-refractivity contribution in [2.45, 2.75) is 42.6 Å². The molecule has 0 aliphatic carbocycles. The SMILES string of the molecule is CSc1ccc(CC(=O)OC(C)(C)C)cc1.CSc1ccc(N)cc1. The van der Waals surface area contributed by atoms with Gasteiger partial charge in [-0.2, -0.15) is 0 Å². The van der Waals surface area contributed by atoms with Crippen LogP contribution < -0.4 is 5.73 Å². The molecule has 0 amide bonds. The zero-order valence-corrected chi connectivity index (χ0v) is 17.2. The fourth-order valence-electron chi connectivity index (χ4n) is 1.89. The lowest BCUT2D eigenvalue weighted by Gasteiger charge is -2.19. The minimum Gasteiger partial charge on any atom is -0.460 e. The Balaban J connectivity index is 0.000000293. The van der Waals surface area contributed by atoms with E-state index in [-0.39, 0.29) is 5.97 Å². The van der Waals surface area contributed by atoms with E-state index in [9.17, 15) is 4.79 Å². The summed E-state index contributed by atoms with van der Waals surface area (Å²) >= 11 is 3.41. The molecule has 3 nitrogen and oxygen atoms in total. The number of thioether (sulfide) groups is 2. The Hall–Kier alpha value is -1.59. The van der Waals surface area contributed by atoms with Crippen molar-refractivity contribution < 1.29 is 9.53 Å². The van der Waals surface area contributed by atoms with Crippen LogP contribution in [0.4, 0.5) is 5.69 Å². The zero-order valence-electron chi connectivity index (χ0n) is 15.5. The zero-order chi connectivity index (χ0) is 18.9. The molecule has 0 fully saturated rings. The van der Waals surface area contributed by atoms with Crippen LogP contribution in [-0.2, 0) is 16.0 Å². The van der Waals surface area contributed by atoms with Crippen LogP contribution in [0.3, 0.4) is 0 Å². The number of anilines is 1. The molecule has 0 aliphatic heterocycles. The molecule has 0 saturated heterocycles. The summed E-state index contributed by atoms with van der Waals surface area (Å²) in [4.78, 5) is 14.0. The number of nitrogen functional groups attached to an aromatic ring is 1. The van der Waals surface area contributed by atoms with Crippen molar-refractivity contribution >= 4 is 35.2 Å². The number of ether oxygens (including phenoxy) is 1. The Labute approximate surface area is 159 Å². The molecule has 0 saturated carbocycles. The Morgan fingerprint density at radius 3 is 1.76 bits per heavy atom. The van der Waals surface area contributed by atoms with Crippen LogP contribution in [0.5, 0.6) is 0 Å². The molecule has 0 heterocycles. The lowest BCUT2D eigenvalue weighted by Crippen LogP contribution is -2.24. The van der Waals surface area contributed by atoms with E-state index >= 15 is 0 Å². The van der Waals surface area contributed by atoms with Crippen LogP contribution in [0, 0.1) is 0 Å². The van der Waals surface area contributed by atoms with Gasteiger partial charge in [0.1, 0.15) is 5.60 Å². The Bertz CT molecular complexity index is 647. The average Bonchev–Trinajstić information content (AvgIpc) is 2.55. The summed E-state index contributed by atoms with van der Waals surface area (Å²) < 4.78 is 5.25. The third-order valence-corrected chi connectivity index (χ3v) is 4.53. The van der Waals surface area contributed by atoms with Gasteiger partial charge in [0.25, 0.3) is 0 Å². The summed E-state index contributed by atoms with van der Waals surface area (Å²) in [5, 5.41) is 0. The maximum Gasteiger partial charge on any atom is 0.310 e. The molecular formula is C20H27NO2S2. The molecule has 0 spiro atoms. The maximum absolute atomic E-state index is 11.6. The molecular weight excluding hydrogens is 350 g/mol. The van der Waals surface area contributed by atoms with Gasteiger partial charge < -0.3 is 10.5 Å². The Morgan fingerprint density at radius 1 is 0.920 bits per heavy atom. The lowest BCUT2D eigenvalue weighted by atomic mass is 10.1. The highest BCUT2D eigenvalue weighted by Crippen LogP contribution is 2.16. The normalized spacial score (nSPS) is 10.6. The van der Waals surface area contributed by atoms with Crippen molar-refractivity contribution in [1.82, 2.24) is 0 Å². The molecule has 0 bridgehead atoms. The van der Waals surface area contributed by atoms with E-state index in [1.54, 1.807) is 23.5 Å². The fourth-order valence-corrected chi connectivity index (χ4v) is 2.71. The van der Waals surface area contributed by atoms with E-state index in [0.717, 1.165) is 11.3 Å². The van der Waals surface area contributed by atoms with E-state index in [4.69, 9.17) is 10.5 Å². The molecule has 2 aromatic rings. The fraction of sp³-hybridized carbons (Fsp3) is 0.350. The highest BCUT2D eigenvalue weighted by molar-refractivity contribution is 7.98. The van der Waals surface area contributed by atoms with Crippen LogP contribution in [0.15, 0.2) is 58.3 Å². The smallest absolute Gasteiger partial charge is 0.310 e. The number of rotatable bonds is 4. The second-order valence-corrected chi connectivity index (χ2v) is 8.14. The number of hydrogen-bond donors (Lipinski definition) is 1. The number of carbonyl (C=O) groups excluding carboxylic acids is 1. The van der Waals surface area contributed by atoms with Crippen molar-refractivity contribution in [1.29, 1.82) is 0 Å². The van der Waals surface area contributed by atoms with Crippen LogP contribution in [0.2, 0.25) is 0 Å². The molecule has 2 rings (SSSR count). The highest BCUT2D eigenvalue weighted by Gasteiger charge is 2.16. The van der Waals surface area contributed by atoms with Crippen molar-refractivity contribution in [2.24, 2.45) is 0 Å². The first-order chi connectivity index (χ1) is 11.7. The van der Waals surface area contributed by atoms with Crippen LogP contribution in [0.1, 0.15) is 26.3 Å². The summed E-state index contributed by atoms with van der Waals surface area (Å²) in [6.07, 6.45) is 4.42. The first-order valence-electron chi connectivity index (χ1n) is 7.98. The van der Waals surface area contributed by atoms with E-state index < -0.39 is 5.60 Å². The van der Waals surface area contributed by atoms with Gasteiger partial charge in [0.15, 0.2) is 0 Å². The van der Waals surface area contributed by atoms with Crippen molar-refractivity contribution in [3.05, 3.63) is 54.1 Å². The van der Waals surface area contributed by atoms with E-state index in [1.807, 2.05) is 81.8 Å². The average molecular weight is 378 g/mol. The molecule has 0 unspecified atom stereocenters.